The smallest absolute Gasteiger partial charge is 0.348 e. The summed E-state index contributed by atoms with van der Waals surface area (Å²) in [6.45, 7) is 4.88. The van der Waals surface area contributed by atoms with Gasteiger partial charge in [-0.3, -0.25) is 4.79 Å². The zero-order valence-electron chi connectivity index (χ0n) is 15.8. The molecule has 10 heteroatoms. The van der Waals surface area contributed by atoms with Gasteiger partial charge in [0.2, 0.25) is 0 Å². The lowest BCUT2D eigenvalue weighted by Gasteiger charge is -2.40. The number of rotatable bonds is 6. The minimum atomic E-state index is -5.38. The average molecular weight is 425 g/mol. The number of ether oxygens (including phenoxy) is 2. The molecule has 0 aliphatic carbocycles. The van der Waals surface area contributed by atoms with Gasteiger partial charge >= 0.3 is 18.3 Å². The van der Waals surface area contributed by atoms with Gasteiger partial charge in [0.15, 0.2) is 5.79 Å². The van der Waals surface area contributed by atoms with Crippen LogP contribution in [0.5, 0.6) is 0 Å². The van der Waals surface area contributed by atoms with Crippen LogP contribution < -0.4 is 0 Å². The van der Waals surface area contributed by atoms with E-state index in [2.05, 4.69) is 6.58 Å². The maximum absolute atomic E-state index is 13.7. The quantitative estimate of drug-likeness (QED) is 0.499. The second kappa shape index (κ2) is 8.35. The van der Waals surface area contributed by atoms with Crippen molar-refractivity contribution in [2.75, 3.05) is 6.61 Å². The lowest BCUT2D eigenvalue weighted by molar-refractivity contribution is -0.215. The molecule has 1 fully saturated rings. The summed E-state index contributed by atoms with van der Waals surface area (Å²) in [5, 5.41) is 0. The Morgan fingerprint density at radius 3 is 2.24 bits per heavy atom. The molecule has 1 aliphatic heterocycles. The van der Waals surface area contributed by atoms with Crippen LogP contribution in [0.1, 0.15) is 19.4 Å². The zero-order valence-corrected chi connectivity index (χ0v) is 15.8. The topological polar surface area (TPSA) is 38.8 Å². The average Bonchev–Trinajstić information content (AvgIpc) is 2.95. The molecule has 0 saturated carbocycles. The molecule has 4 nitrogen and oxygen atoms in total. The highest BCUT2D eigenvalue weighted by Gasteiger charge is 2.55. The van der Waals surface area contributed by atoms with Gasteiger partial charge in [-0.05, 0) is 19.4 Å². The van der Waals surface area contributed by atoms with Gasteiger partial charge in [0.25, 0.3) is 0 Å². The van der Waals surface area contributed by atoms with Crippen molar-refractivity contribution >= 4 is 5.91 Å². The molecule has 0 radical (unpaired) electrons. The van der Waals surface area contributed by atoms with Gasteiger partial charge in [-0.15, -0.1) is 6.58 Å². The molecule has 1 heterocycles. The largest absolute Gasteiger partial charge is 0.471 e. The highest BCUT2D eigenvalue weighted by atomic mass is 19.4. The van der Waals surface area contributed by atoms with Crippen LogP contribution in [0.25, 0.3) is 0 Å². The highest BCUT2D eigenvalue weighted by molar-refractivity contribution is 5.82. The molecule has 0 spiro atoms. The van der Waals surface area contributed by atoms with Gasteiger partial charge in [0, 0.05) is 6.54 Å². The molecule has 162 valence electrons. The van der Waals surface area contributed by atoms with Crippen molar-refractivity contribution < 1.29 is 40.6 Å². The van der Waals surface area contributed by atoms with Crippen LogP contribution in [-0.4, -0.2) is 47.7 Å². The Bertz CT molecular complexity index is 717. The predicted octanol–water partition coefficient (Wildman–Crippen LogP) is 4.46. The van der Waals surface area contributed by atoms with Crippen molar-refractivity contribution in [2.24, 2.45) is 5.92 Å². The van der Waals surface area contributed by atoms with Gasteiger partial charge in [0.1, 0.15) is 6.10 Å². The molecule has 0 aromatic heterocycles. The van der Waals surface area contributed by atoms with E-state index in [1.807, 2.05) is 0 Å². The number of hydrogen-bond donors (Lipinski definition) is 0. The van der Waals surface area contributed by atoms with E-state index in [9.17, 15) is 31.1 Å². The molecular weight excluding hydrogens is 404 g/mol. The van der Waals surface area contributed by atoms with Crippen molar-refractivity contribution in [2.45, 2.75) is 50.7 Å². The van der Waals surface area contributed by atoms with Gasteiger partial charge < -0.3 is 14.4 Å². The van der Waals surface area contributed by atoms with Crippen LogP contribution in [0.2, 0.25) is 0 Å². The van der Waals surface area contributed by atoms with E-state index < -0.39 is 55.3 Å². The number of carbonyl (C=O) groups excluding carboxylic acids is 1. The van der Waals surface area contributed by atoms with Crippen molar-refractivity contribution in [1.29, 1.82) is 0 Å². The number of halogens is 6. The zero-order chi connectivity index (χ0) is 22.0. The minimum Gasteiger partial charge on any atom is -0.348 e. The molecule has 2 rings (SSSR count). The van der Waals surface area contributed by atoms with Crippen LogP contribution in [0.3, 0.4) is 0 Å². The molecule has 1 aromatic rings. The van der Waals surface area contributed by atoms with E-state index >= 15 is 0 Å². The lowest BCUT2D eigenvalue weighted by Crippen LogP contribution is -2.57. The number of carbonyl (C=O) groups is 1. The first-order valence-corrected chi connectivity index (χ1v) is 8.69. The van der Waals surface area contributed by atoms with Crippen LogP contribution >= 0.6 is 0 Å². The number of amides is 1. The molecule has 1 saturated heterocycles. The molecule has 0 unspecified atom stereocenters. The fourth-order valence-electron chi connectivity index (χ4n) is 3.23. The molecule has 0 N–H and O–H groups in total. The lowest BCUT2D eigenvalue weighted by atomic mass is 9.92. The molecule has 1 aromatic carbocycles. The molecule has 1 amide bonds. The Kier molecular flexibility index (Phi) is 6.68. The fourth-order valence-corrected chi connectivity index (χ4v) is 3.23. The summed E-state index contributed by atoms with van der Waals surface area (Å²) in [7, 11) is 0. The van der Waals surface area contributed by atoms with Crippen molar-refractivity contribution in [1.82, 2.24) is 4.90 Å². The standard InChI is InChI=1S/C19H21F6NO3/c1-4-13(18(20,21)22)15(14-11-28-17(2,3)29-14)26(16(27)19(23,24)25)10-12-8-6-5-7-9-12/h4-9,13-15H,1,10-11H2,2-3H3/t13-,14-,15+/m0/s1. The van der Waals surface area contributed by atoms with E-state index in [0.717, 1.165) is 0 Å². The second-order valence-electron chi connectivity index (χ2n) is 7.08. The maximum Gasteiger partial charge on any atom is 0.471 e. The molecule has 3 atom stereocenters. The van der Waals surface area contributed by atoms with Crippen molar-refractivity contribution in [3.05, 3.63) is 48.6 Å². The summed E-state index contributed by atoms with van der Waals surface area (Å²) in [5.41, 5.74) is 0.235. The summed E-state index contributed by atoms with van der Waals surface area (Å²) in [6.07, 6.45) is -11.3. The van der Waals surface area contributed by atoms with Crippen LogP contribution in [0.15, 0.2) is 43.0 Å². The Morgan fingerprint density at radius 1 is 1.24 bits per heavy atom. The summed E-state index contributed by atoms with van der Waals surface area (Å²) in [6, 6.07) is 5.42. The second-order valence-corrected chi connectivity index (χ2v) is 7.08. The monoisotopic (exact) mass is 425 g/mol. The van der Waals surface area contributed by atoms with E-state index in [1.54, 1.807) is 6.07 Å². The first-order chi connectivity index (χ1) is 13.3. The minimum absolute atomic E-state index is 0.157. The number of nitrogens with zero attached hydrogens (tertiary/aromatic N) is 1. The van der Waals surface area contributed by atoms with Crippen LogP contribution in [0, 0.1) is 5.92 Å². The molecule has 0 bridgehead atoms. The van der Waals surface area contributed by atoms with E-state index in [1.165, 1.54) is 38.1 Å². The Hall–Kier alpha value is -2.07. The third kappa shape index (κ3) is 5.72. The van der Waals surface area contributed by atoms with Gasteiger partial charge in [-0.2, -0.15) is 26.3 Å². The third-order valence-electron chi connectivity index (χ3n) is 4.47. The number of hydrogen-bond acceptors (Lipinski definition) is 3. The van der Waals surface area contributed by atoms with Crippen molar-refractivity contribution in [3.63, 3.8) is 0 Å². The highest BCUT2D eigenvalue weighted by Crippen LogP contribution is 2.39. The van der Waals surface area contributed by atoms with E-state index in [0.29, 0.717) is 6.08 Å². The maximum atomic E-state index is 13.7. The first-order valence-electron chi connectivity index (χ1n) is 8.69. The Labute approximate surface area is 164 Å². The summed E-state index contributed by atoms with van der Waals surface area (Å²) >= 11 is 0. The number of benzene rings is 1. The van der Waals surface area contributed by atoms with Gasteiger partial charge in [-0.1, -0.05) is 36.4 Å². The number of alkyl halides is 6. The molecule has 1 aliphatic rings. The SMILES string of the molecule is C=C[C@@H]([C@H]([C@@H]1COC(C)(C)O1)N(Cc1ccccc1)C(=O)C(F)(F)F)C(F)(F)F. The van der Waals surface area contributed by atoms with Gasteiger partial charge in [-0.25, -0.2) is 0 Å². The van der Waals surface area contributed by atoms with E-state index in [-0.39, 0.29) is 10.5 Å². The van der Waals surface area contributed by atoms with Crippen LogP contribution in [-0.2, 0) is 20.8 Å². The molecule has 29 heavy (non-hydrogen) atoms. The van der Waals surface area contributed by atoms with Crippen molar-refractivity contribution in [3.8, 4) is 0 Å². The van der Waals surface area contributed by atoms with Gasteiger partial charge in [0.05, 0.1) is 18.6 Å². The summed E-state index contributed by atoms with van der Waals surface area (Å²) < 4.78 is 91.7. The Morgan fingerprint density at radius 2 is 1.83 bits per heavy atom. The summed E-state index contributed by atoms with van der Waals surface area (Å²) in [4.78, 5) is 12.3. The van der Waals surface area contributed by atoms with E-state index in [4.69, 9.17) is 9.47 Å². The summed E-state index contributed by atoms with van der Waals surface area (Å²) in [5.74, 6) is -6.16. The fraction of sp³-hybridized carbons (Fsp3) is 0.526. The first kappa shape index (κ1) is 23.2. The predicted molar refractivity (Wildman–Crippen MR) is 91.5 cm³/mol. The van der Waals surface area contributed by atoms with Crippen LogP contribution in [0.4, 0.5) is 26.3 Å². The normalized spacial score (nSPS) is 21.4. The third-order valence-corrected chi connectivity index (χ3v) is 4.47. The molecular formula is C19H21F6NO3. The Balaban J connectivity index is 2.55.